The highest BCUT2D eigenvalue weighted by Crippen LogP contribution is 2.61. The minimum atomic E-state index is 0.293. The second kappa shape index (κ2) is 4.94. The van der Waals surface area contributed by atoms with Gasteiger partial charge in [0.2, 0.25) is 0 Å². The van der Waals surface area contributed by atoms with Crippen LogP contribution < -0.4 is 0 Å². The fourth-order valence-electron chi connectivity index (χ4n) is 6.71. The van der Waals surface area contributed by atoms with Crippen molar-refractivity contribution in [3.8, 4) is 0 Å². The molecule has 0 unspecified atom stereocenters. The molecule has 0 aromatic rings. The first-order valence-corrected chi connectivity index (χ1v) is 8.93. The molecule has 2 heteroatoms. The Bertz CT molecular complexity index is 480. The van der Waals surface area contributed by atoms with Gasteiger partial charge in [0.25, 0.3) is 0 Å². The number of rotatable bonds is 1. The maximum Gasteiger partial charge on any atom is 0.136 e. The molecule has 0 amide bonds. The van der Waals surface area contributed by atoms with Crippen LogP contribution in [-0.4, -0.2) is 17.5 Å². The predicted octanol–water partition coefficient (Wildman–Crippen LogP) is 3.45. The molecule has 0 aromatic carbocycles. The third kappa shape index (κ3) is 1.91. The Balaban J connectivity index is 1.76. The lowest BCUT2D eigenvalue weighted by Crippen LogP contribution is -2.55. The van der Waals surface area contributed by atoms with E-state index >= 15 is 0 Å². The van der Waals surface area contributed by atoms with Crippen LogP contribution in [0.5, 0.6) is 0 Å². The van der Waals surface area contributed by atoms with Gasteiger partial charge in [-0.05, 0) is 68.1 Å². The van der Waals surface area contributed by atoms with Crippen LogP contribution in [0.1, 0.15) is 46.0 Å². The second-order valence-electron chi connectivity index (χ2n) is 8.25. The minimum Gasteiger partial charge on any atom is -0.396 e. The lowest BCUT2D eigenvalue weighted by Gasteiger charge is -2.59. The summed E-state index contributed by atoms with van der Waals surface area (Å²) in [6, 6.07) is 0. The molecule has 0 aromatic heterocycles. The van der Waals surface area contributed by atoms with E-state index in [-0.39, 0.29) is 0 Å². The van der Waals surface area contributed by atoms with Crippen molar-refractivity contribution in [3.63, 3.8) is 0 Å². The van der Waals surface area contributed by atoms with Gasteiger partial charge in [0.05, 0.1) is 0 Å². The summed E-state index contributed by atoms with van der Waals surface area (Å²) in [6.07, 6.45) is 7.98. The number of hydrogen-bond donors (Lipinski definition) is 1. The van der Waals surface area contributed by atoms with Crippen LogP contribution in [0.3, 0.4) is 0 Å². The fourth-order valence-corrected chi connectivity index (χ4v) is 6.71. The first-order valence-electron chi connectivity index (χ1n) is 8.93. The summed E-state index contributed by atoms with van der Waals surface area (Å²) >= 11 is 0. The molecule has 0 bridgehead atoms. The predicted molar refractivity (Wildman–Crippen MR) is 82.5 cm³/mol. The van der Waals surface area contributed by atoms with Gasteiger partial charge >= 0.3 is 0 Å². The monoisotopic (exact) mass is 288 g/mol. The normalized spacial score (nSPS) is 52.1. The van der Waals surface area contributed by atoms with E-state index in [9.17, 15) is 9.90 Å². The van der Waals surface area contributed by atoms with E-state index in [4.69, 9.17) is 0 Å². The number of hydrogen-bond acceptors (Lipinski definition) is 2. The molecule has 4 aliphatic carbocycles. The molecule has 3 fully saturated rings. The van der Waals surface area contributed by atoms with Crippen LogP contribution in [0.4, 0.5) is 0 Å². The zero-order valence-electron chi connectivity index (χ0n) is 13.3. The van der Waals surface area contributed by atoms with Crippen LogP contribution in [0.2, 0.25) is 0 Å². The summed E-state index contributed by atoms with van der Waals surface area (Å²) in [7, 11) is 0. The maximum absolute atomic E-state index is 12.4. The first-order chi connectivity index (χ1) is 10.1. The van der Waals surface area contributed by atoms with E-state index in [0.29, 0.717) is 47.9 Å². The molecule has 116 valence electrons. The largest absolute Gasteiger partial charge is 0.396 e. The Labute approximate surface area is 128 Å². The van der Waals surface area contributed by atoms with Gasteiger partial charge in [-0.3, -0.25) is 4.79 Å². The summed E-state index contributed by atoms with van der Waals surface area (Å²) in [4.78, 5) is 12.4. The average molecular weight is 288 g/mol. The van der Waals surface area contributed by atoms with E-state index in [1.165, 1.54) is 12.0 Å². The zero-order valence-corrected chi connectivity index (χ0v) is 13.3. The van der Waals surface area contributed by atoms with Gasteiger partial charge in [0, 0.05) is 24.9 Å². The van der Waals surface area contributed by atoms with Crippen LogP contribution in [-0.2, 0) is 4.79 Å². The Morgan fingerprint density at radius 3 is 2.76 bits per heavy atom. The second-order valence-corrected chi connectivity index (χ2v) is 8.25. The molecule has 0 radical (unpaired) electrons. The van der Waals surface area contributed by atoms with Crippen molar-refractivity contribution in [2.75, 3.05) is 6.61 Å². The molecular weight excluding hydrogens is 260 g/mol. The Hall–Kier alpha value is -0.630. The van der Waals surface area contributed by atoms with E-state index in [1.54, 1.807) is 0 Å². The van der Waals surface area contributed by atoms with Crippen LogP contribution in [0, 0.1) is 47.3 Å². The van der Waals surface area contributed by atoms with E-state index in [2.05, 4.69) is 19.9 Å². The number of aliphatic hydroxyl groups is 1. The molecule has 2 nitrogen and oxygen atoms in total. The molecule has 3 saturated carbocycles. The SMILES string of the molecule is CC1=C[C@H]2C[C@H](C)[C@H]3CCC(=O)[C@H]4CC[C@H]([C@@H]2[C@H]34)[C@H]1CO. The van der Waals surface area contributed by atoms with Crippen LogP contribution in [0.15, 0.2) is 11.6 Å². The summed E-state index contributed by atoms with van der Waals surface area (Å²) in [5, 5.41) is 9.86. The van der Waals surface area contributed by atoms with Crippen molar-refractivity contribution < 1.29 is 9.90 Å². The number of carbonyl (C=O) groups excluding carboxylic acids is 1. The van der Waals surface area contributed by atoms with Gasteiger partial charge in [-0.2, -0.15) is 0 Å². The summed E-state index contributed by atoms with van der Waals surface area (Å²) in [6.45, 7) is 4.92. The first kappa shape index (κ1) is 14.0. The Kier molecular flexibility index (Phi) is 3.29. The maximum atomic E-state index is 12.4. The van der Waals surface area contributed by atoms with E-state index < -0.39 is 0 Å². The number of aliphatic hydroxyl groups excluding tert-OH is 1. The number of Topliss-reactive ketones (excluding diaryl/α,β-unsaturated/α-hetero) is 1. The number of allylic oxidation sites excluding steroid dienone is 1. The Morgan fingerprint density at radius 2 is 2.00 bits per heavy atom. The molecule has 0 aliphatic heterocycles. The number of carbonyl (C=O) groups is 1. The summed E-state index contributed by atoms with van der Waals surface area (Å²) < 4.78 is 0. The van der Waals surface area contributed by atoms with Gasteiger partial charge in [0.15, 0.2) is 0 Å². The fraction of sp³-hybridized carbons (Fsp3) is 0.842. The van der Waals surface area contributed by atoms with Gasteiger partial charge in [-0.1, -0.05) is 18.6 Å². The molecule has 21 heavy (non-hydrogen) atoms. The molecule has 8 atom stereocenters. The van der Waals surface area contributed by atoms with Crippen molar-refractivity contribution >= 4 is 5.78 Å². The average Bonchev–Trinajstić information content (AvgIpc) is 2.46. The van der Waals surface area contributed by atoms with Crippen LogP contribution >= 0.6 is 0 Å². The minimum absolute atomic E-state index is 0.293. The molecule has 4 rings (SSSR count). The lowest BCUT2D eigenvalue weighted by atomic mass is 9.45. The molecule has 0 spiro atoms. The highest BCUT2D eigenvalue weighted by molar-refractivity contribution is 5.82. The third-order valence-corrected chi connectivity index (χ3v) is 7.49. The standard InChI is InChI=1S/C19H28O2/c1-10-7-12-8-11(2)16(9-20)14-3-4-15-17(21)6-5-13(10)19(15)18(12)14/h8,10,12-16,18-20H,3-7,9H2,1-2H3/t10-,12+,13+,14-,15+,16-,18+,19+/m0/s1. The van der Waals surface area contributed by atoms with Crippen molar-refractivity contribution in [1.82, 2.24) is 0 Å². The van der Waals surface area contributed by atoms with Gasteiger partial charge < -0.3 is 5.11 Å². The van der Waals surface area contributed by atoms with E-state index in [0.717, 1.165) is 37.5 Å². The highest BCUT2D eigenvalue weighted by Gasteiger charge is 2.56. The zero-order chi connectivity index (χ0) is 14.7. The molecule has 0 heterocycles. The van der Waals surface area contributed by atoms with E-state index in [1.807, 2.05) is 0 Å². The third-order valence-electron chi connectivity index (χ3n) is 7.49. The van der Waals surface area contributed by atoms with Crippen molar-refractivity contribution in [1.29, 1.82) is 0 Å². The molecular formula is C19H28O2. The smallest absolute Gasteiger partial charge is 0.136 e. The molecule has 1 N–H and O–H groups in total. The van der Waals surface area contributed by atoms with Crippen molar-refractivity contribution in [2.24, 2.45) is 47.3 Å². The molecule has 0 saturated heterocycles. The van der Waals surface area contributed by atoms with Gasteiger partial charge in [-0.15, -0.1) is 0 Å². The van der Waals surface area contributed by atoms with Crippen LogP contribution in [0.25, 0.3) is 0 Å². The quantitative estimate of drug-likeness (QED) is 0.750. The summed E-state index contributed by atoms with van der Waals surface area (Å²) in [5.74, 6) is 5.39. The highest BCUT2D eigenvalue weighted by atomic mass is 16.3. The summed E-state index contributed by atoms with van der Waals surface area (Å²) in [5.41, 5.74) is 1.41. The molecule has 4 aliphatic rings. The number of ketones is 1. The van der Waals surface area contributed by atoms with Gasteiger partial charge in [-0.25, -0.2) is 0 Å². The lowest BCUT2D eigenvalue weighted by molar-refractivity contribution is -0.144. The Morgan fingerprint density at radius 1 is 1.19 bits per heavy atom. The van der Waals surface area contributed by atoms with Crippen molar-refractivity contribution in [3.05, 3.63) is 11.6 Å². The van der Waals surface area contributed by atoms with Crippen molar-refractivity contribution in [2.45, 2.75) is 46.0 Å². The topological polar surface area (TPSA) is 37.3 Å². The van der Waals surface area contributed by atoms with Gasteiger partial charge in [0.1, 0.15) is 5.78 Å².